The Morgan fingerprint density at radius 2 is 2.07 bits per heavy atom. The zero-order valence-electron chi connectivity index (χ0n) is 9.81. The first-order chi connectivity index (χ1) is 6.33. The Hall–Kier alpha value is -0.543. The summed E-state index contributed by atoms with van der Waals surface area (Å²) >= 11 is 0. The number of hydrogen-bond acceptors (Lipinski definition) is 2. The summed E-state index contributed by atoms with van der Waals surface area (Å²) in [4.78, 5) is 0. The maximum absolute atomic E-state index is 5.78. The van der Waals surface area contributed by atoms with Gasteiger partial charge in [0, 0.05) is 7.11 Å². The molecule has 1 unspecified atom stereocenters. The van der Waals surface area contributed by atoms with Crippen molar-refractivity contribution >= 4 is 8.07 Å². The molecule has 0 amide bonds. The van der Waals surface area contributed by atoms with Crippen molar-refractivity contribution in [2.75, 3.05) is 7.11 Å². The summed E-state index contributed by atoms with van der Waals surface area (Å²) in [5, 5.41) is 0. The zero-order chi connectivity index (χ0) is 11.0. The molecule has 80 valence electrons. The minimum Gasteiger partial charge on any atom is -0.470 e. The number of allylic oxidation sites excluding steroid dienone is 1. The van der Waals surface area contributed by atoms with Crippen LogP contribution in [0.5, 0.6) is 0 Å². The Morgan fingerprint density at radius 3 is 2.43 bits per heavy atom. The molecule has 0 bridgehead atoms. The lowest BCUT2D eigenvalue weighted by Gasteiger charge is -2.44. The average molecular weight is 212 g/mol. The quantitative estimate of drug-likeness (QED) is 0.517. The third kappa shape index (κ3) is 1.66. The molecule has 0 fully saturated rings. The first-order valence-corrected chi connectivity index (χ1v) is 8.40. The van der Waals surface area contributed by atoms with Crippen LogP contribution in [0.2, 0.25) is 19.6 Å². The first-order valence-electron chi connectivity index (χ1n) is 4.90. The van der Waals surface area contributed by atoms with E-state index in [1.54, 1.807) is 7.11 Å². The highest BCUT2D eigenvalue weighted by molar-refractivity contribution is 6.79. The van der Waals surface area contributed by atoms with Crippen LogP contribution in [0.3, 0.4) is 0 Å². The Morgan fingerprint density at radius 1 is 1.50 bits per heavy atom. The number of rotatable bonds is 2. The van der Waals surface area contributed by atoms with E-state index in [1.165, 1.54) is 5.57 Å². The van der Waals surface area contributed by atoms with E-state index in [1.807, 2.05) is 6.26 Å². The Labute approximate surface area is 87.6 Å². The second-order valence-electron chi connectivity index (χ2n) is 4.93. The summed E-state index contributed by atoms with van der Waals surface area (Å²) in [5.41, 5.74) is 1.73. The minimum absolute atomic E-state index is 0.535. The van der Waals surface area contributed by atoms with Gasteiger partial charge in [-0.15, -0.1) is 0 Å². The molecule has 0 saturated heterocycles. The molecule has 3 heteroatoms. The Kier molecular flexibility index (Phi) is 2.93. The summed E-state index contributed by atoms with van der Waals surface area (Å²) < 4.78 is 11.4. The summed E-state index contributed by atoms with van der Waals surface area (Å²) in [6.45, 7) is 12.8. The number of methoxy groups -OCH3 is 1. The van der Waals surface area contributed by atoms with Crippen molar-refractivity contribution in [1.82, 2.24) is 0 Å². The van der Waals surface area contributed by atoms with Gasteiger partial charge in [-0.2, -0.15) is 0 Å². The van der Waals surface area contributed by atoms with E-state index in [2.05, 4.69) is 33.1 Å². The van der Waals surface area contributed by atoms with Crippen LogP contribution in [0.4, 0.5) is 0 Å². The molecule has 0 aliphatic carbocycles. The van der Waals surface area contributed by atoms with Crippen molar-refractivity contribution in [1.29, 1.82) is 0 Å². The van der Waals surface area contributed by atoms with Gasteiger partial charge in [0.05, 0.1) is 6.26 Å². The minimum atomic E-state index is -1.59. The van der Waals surface area contributed by atoms with Gasteiger partial charge < -0.3 is 9.47 Å². The molecular weight excluding hydrogens is 192 g/mol. The molecule has 1 atom stereocenters. The Balaban J connectivity index is 3.08. The van der Waals surface area contributed by atoms with Crippen LogP contribution in [-0.4, -0.2) is 20.6 Å². The lowest BCUT2D eigenvalue weighted by molar-refractivity contribution is -0.110. The second-order valence-corrected chi connectivity index (χ2v) is 10.1. The molecular formula is C11H20O2Si. The molecule has 0 spiro atoms. The van der Waals surface area contributed by atoms with Crippen molar-refractivity contribution in [2.45, 2.75) is 38.4 Å². The molecule has 14 heavy (non-hydrogen) atoms. The lowest BCUT2D eigenvalue weighted by atomic mass is 10.1. The molecule has 0 aromatic heterocycles. The fraction of sp³-hybridized carbons (Fsp3) is 0.636. The van der Waals surface area contributed by atoms with Crippen LogP contribution < -0.4 is 0 Å². The van der Waals surface area contributed by atoms with Crippen molar-refractivity contribution < 1.29 is 9.47 Å². The highest BCUT2D eigenvalue weighted by Gasteiger charge is 2.49. The number of ether oxygens (including phenoxy) is 2. The van der Waals surface area contributed by atoms with Gasteiger partial charge in [0.2, 0.25) is 5.41 Å². The smallest absolute Gasteiger partial charge is 0.210 e. The molecule has 1 aliphatic heterocycles. The standard InChI is InChI=1S/C11H20O2Si/c1-9-7-10(2)11(12-3,13-8-9)14(4,5)6/h8H,2,7H2,1,3-6H3. The van der Waals surface area contributed by atoms with Gasteiger partial charge in [-0.3, -0.25) is 0 Å². The second kappa shape index (κ2) is 3.55. The van der Waals surface area contributed by atoms with Crippen molar-refractivity contribution in [2.24, 2.45) is 0 Å². The molecule has 1 heterocycles. The van der Waals surface area contributed by atoms with Gasteiger partial charge in [-0.1, -0.05) is 26.2 Å². The monoisotopic (exact) mass is 212 g/mol. The molecule has 0 radical (unpaired) electrons. The molecule has 0 aromatic rings. The van der Waals surface area contributed by atoms with Crippen LogP contribution in [0.25, 0.3) is 0 Å². The third-order valence-electron chi connectivity index (χ3n) is 2.66. The van der Waals surface area contributed by atoms with Crippen molar-refractivity contribution in [3.63, 3.8) is 0 Å². The SMILES string of the molecule is C=C1CC(C)=COC1(OC)[Si](C)(C)C. The van der Waals surface area contributed by atoms with Gasteiger partial charge in [-0.25, -0.2) is 0 Å². The van der Waals surface area contributed by atoms with Crippen LogP contribution in [0.15, 0.2) is 24.0 Å². The van der Waals surface area contributed by atoms with Crippen LogP contribution >= 0.6 is 0 Å². The van der Waals surface area contributed by atoms with E-state index in [-0.39, 0.29) is 0 Å². The molecule has 1 rings (SSSR count). The van der Waals surface area contributed by atoms with Crippen LogP contribution in [0.1, 0.15) is 13.3 Å². The van der Waals surface area contributed by atoms with Crippen molar-refractivity contribution in [3.8, 4) is 0 Å². The third-order valence-corrected chi connectivity index (χ3v) is 5.31. The maximum Gasteiger partial charge on any atom is 0.210 e. The van der Waals surface area contributed by atoms with Crippen LogP contribution in [0, 0.1) is 0 Å². The normalized spacial score (nSPS) is 28.4. The van der Waals surface area contributed by atoms with E-state index in [0.29, 0.717) is 0 Å². The molecule has 0 N–H and O–H groups in total. The lowest BCUT2D eigenvalue weighted by Crippen LogP contribution is -2.57. The van der Waals surface area contributed by atoms with Crippen molar-refractivity contribution in [3.05, 3.63) is 24.0 Å². The van der Waals surface area contributed by atoms with Gasteiger partial charge in [0.25, 0.3) is 0 Å². The topological polar surface area (TPSA) is 18.5 Å². The van der Waals surface area contributed by atoms with Gasteiger partial charge >= 0.3 is 0 Å². The maximum atomic E-state index is 5.78. The summed E-state index contributed by atoms with van der Waals surface area (Å²) in [5.74, 6) is 0. The fourth-order valence-electron chi connectivity index (χ4n) is 1.97. The van der Waals surface area contributed by atoms with Gasteiger partial charge in [-0.05, 0) is 24.5 Å². The van der Waals surface area contributed by atoms with E-state index in [4.69, 9.17) is 9.47 Å². The van der Waals surface area contributed by atoms with E-state index in [0.717, 1.165) is 12.0 Å². The van der Waals surface area contributed by atoms with E-state index >= 15 is 0 Å². The predicted octanol–water partition coefficient (Wildman–Crippen LogP) is 3.09. The summed E-state index contributed by atoms with van der Waals surface area (Å²) in [6, 6.07) is 0. The first kappa shape index (κ1) is 11.5. The zero-order valence-corrected chi connectivity index (χ0v) is 10.8. The summed E-state index contributed by atoms with van der Waals surface area (Å²) in [7, 11) is 0.118. The highest BCUT2D eigenvalue weighted by atomic mass is 28.3. The van der Waals surface area contributed by atoms with Crippen LogP contribution in [-0.2, 0) is 9.47 Å². The van der Waals surface area contributed by atoms with E-state index < -0.39 is 13.5 Å². The van der Waals surface area contributed by atoms with Gasteiger partial charge in [0.15, 0.2) is 0 Å². The number of hydrogen-bond donors (Lipinski definition) is 0. The molecule has 1 aliphatic rings. The molecule has 0 aromatic carbocycles. The average Bonchev–Trinajstić information content (AvgIpc) is 2.02. The van der Waals surface area contributed by atoms with E-state index in [9.17, 15) is 0 Å². The largest absolute Gasteiger partial charge is 0.470 e. The Bertz CT molecular complexity index is 276. The molecule has 0 saturated carbocycles. The van der Waals surface area contributed by atoms with Gasteiger partial charge in [0.1, 0.15) is 8.07 Å². The highest BCUT2D eigenvalue weighted by Crippen LogP contribution is 2.38. The molecule has 2 nitrogen and oxygen atoms in total. The fourth-order valence-corrected chi connectivity index (χ4v) is 4.14. The predicted molar refractivity (Wildman–Crippen MR) is 61.7 cm³/mol. The summed E-state index contributed by atoms with van der Waals surface area (Å²) in [6.07, 6.45) is 2.70.